The van der Waals surface area contributed by atoms with E-state index < -0.39 is 0 Å². The zero-order chi connectivity index (χ0) is 12.8. The molecule has 0 saturated heterocycles. The van der Waals surface area contributed by atoms with E-state index in [0.717, 1.165) is 24.7 Å². The fourth-order valence-corrected chi connectivity index (χ4v) is 1.91. The third-order valence-corrected chi connectivity index (χ3v) is 2.82. The number of hydrogen-bond donors (Lipinski definition) is 1. The predicted octanol–water partition coefficient (Wildman–Crippen LogP) is 1.99. The Balaban J connectivity index is 1.92. The van der Waals surface area contributed by atoms with Crippen molar-refractivity contribution in [2.75, 3.05) is 13.7 Å². The molecule has 1 N–H and O–H groups in total. The largest absolute Gasteiger partial charge is 0.492 e. The quantitative estimate of drug-likeness (QED) is 0.846. The second-order valence-electron chi connectivity index (χ2n) is 4.14. The van der Waals surface area contributed by atoms with Crippen LogP contribution in [0.15, 0.2) is 36.5 Å². The minimum atomic E-state index is 0.651. The van der Waals surface area contributed by atoms with Gasteiger partial charge < -0.3 is 14.6 Å². The highest BCUT2D eigenvalue weighted by Gasteiger charge is 2.05. The Morgan fingerprint density at radius 3 is 2.78 bits per heavy atom. The van der Waals surface area contributed by atoms with Crippen LogP contribution in [0.1, 0.15) is 11.5 Å². The molecule has 0 aliphatic rings. The molecule has 0 amide bonds. The summed E-state index contributed by atoms with van der Waals surface area (Å²) in [5.74, 6) is 1.93. The monoisotopic (exact) mass is 245 g/mol. The van der Waals surface area contributed by atoms with Crippen molar-refractivity contribution >= 4 is 0 Å². The average molecular weight is 245 g/mol. The molecule has 1 aromatic carbocycles. The Morgan fingerprint density at radius 2 is 2.06 bits per heavy atom. The maximum absolute atomic E-state index is 5.70. The predicted molar refractivity (Wildman–Crippen MR) is 71.7 cm³/mol. The van der Waals surface area contributed by atoms with E-state index in [1.807, 2.05) is 50.5 Å². The van der Waals surface area contributed by atoms with Gasteiger partial charge in [0.25, 0.3) is 0 Å². The number of imidazole rings is 1. The standard InChI is InChI=1S/C14H19N3O/c1-12-16-11-13(10-15-2)17(12)8-9-18-14-6-4-3-5-7-14/h3-7,11,15H,8-10H2,1-2H3. The van der Waals surface area contributed by atoms with Crippen molar-refractivity contribution in [1.29, 1.82) is 0 Å². The summed E-state index contributed by atoms with van der Waals surface area (Å²) >= 11 is 0. The van der Waals surface area contributed by atoms with Gasteiger partial charge in [0, 0.05) is 12.7 Å². The Morgan fingerprint density at radius 1 is 1.28 bits per heavy atom. The molecule has 2 aromatic rings. The molecule has 2 rings (SSSR count). The van der Waals surface area contributed by atoms with E-state index in [9.17, 15) is 0 Å². The minimum absolute atomic E-state index is 0.651. The van der Waals surface area contributed by atoms with E-state index in [4.69, 9.17) is 4.74 Å². The molecular weight excluding hydrogens is 226 g/mol. The molecule has 4 nitrogen and oxygen atoms in total. The highest BCUT2D eigenvalue weighted by atomic mass is 16.5. The summed E-state index contributed by atoms with van der Waals surface area (Å²) in [4.78, 5) is 4.33. The lowest BCUT2D eigenvalue weighted by atomic mass is 10.3. The van der Waals surface area contributed by atoms with E-state index in [0.29, 0.717) is 6.61 Å². The van der Waals surface area contributed by atoms with Crippen molar-refractivity contribution in [1.82, 2.24) is 14.9 Å². The number of aryl methyl sites for hydroxylation is 1. The minimum Gasteiger partial charge on any atom is -0.492 e. The van der Waals surface area contributed by atoms with Gasteiger partial charge in [-0.3, -0.25) is 0 Å². The maximum atomic E-state index is 5.70. The summed E-state index contributed by atoms with van der Waals surface area (Å²) in [7, 11) is 1.94. The molecule has 0 aliphatic heterocycles. The van der Waals surface area contributed by atoms with Gasteiger partial charge >= 0.3 is 0 Å². The van der Waals surface area contributed by atoms with Gasteiger partial charge in [-0.2, -0.15) is 0 Å². The first-order chi connectivity index (χ1) is 8.81. The molecule has 1 aromatic heterocycles. The lowest BCUT2D eigenvalue weighted by molar-refractivity contribution is 0.295. The first-order valence-corrected chi connectivity index (χ1v) is 6.14. The second kappa shape index (κ2) is 6.21. The summed E-state index contributed by atoms with van der Waals surface area (Å²) in [5, 5.41) is 3.14. The first-order valence-electron chi connectivity index (χ1n) is 6.14. The highest BCUT2D eigenvalue weighted by molar-refractivity contribution is 5.20. The molecule has 0 atom stereocenters. The van der Waals surface area contributed by atoms with Crippen molar-refractivity contribution in [3.63, 3.8) is 0 Å². The van der Waals surface area contributed by atoms with Gasteiger partial charge in [0.2, 0.25) is 0 Å². The van der Waals surface area contributed by atoms with Gasteiger partial charge in [-0.25, -0.2) is 4.98 Å². The summed E-state index contributed by atoms with van der Waals surface area (Å²) in [5.41, 5.74) is 1.19. The fourth-order valence-electron chi connectivity index (χ4n) is 1.91. The number of para-hydroxylation sites is 1. The average Bonchev–Trinajstić information content (AvgIpc) is 2.73. The van der Waals surface area contributed by atoms with E-state index >= 15 is 0 Å². The molecule has 18 heavy (non-hydrogen) atoms. The number of hydrogen-bond acceptors (Lipinski definition) is 3. The van der Waals surface area contributed by atoms with E-state index in [-0.39, 0.29) is 0 Å². The van der Waals surface area contributed by atoms with Crippen LogP contribution in [0.3, 0.4) is 0 Å². The van der Waals surface area contributed by atoms with Crippen LogP contribution in [-0.2, 0) is 13.1 Å². The summed E-state index contributed by atoms with van der Waals surface area (Å²) in [6.07, 6.45) is 1.91. The Bertz CT molecular complexity index is 479. The molecule has 96 valence electrons. The summed E-state index contributed by atoms with van der Waals surface area (Å²) < 4.78 is 7.88. The molecule has 0 radical (unpaired) electrons. The number of nitrogens with zero attached hydrogens (tertiary/aromatic N) is 2. The van der Waals surface area contributed by atoms with Crippen molar-refractivity contribution in [2.24, 2.45) is 0 Å². The van der Waals surface area contributed by atoms with Gasteiger partial charge in [-0.05, 0) is 26.1 Å². The van der Waals surface area contributed by atoms with Crippen LogP contribution < -0.4 is 10.1 Å². The first kappa shape index (κ1) is 12.6. The molecule has 0 saturated carbocycles. The molecule has 0 fully saturated rings. The third kappa shape index (κ3) is 3.11. The van der Waals surface area contributed by atoms with Crippen LogP contribution >= 0.6 is 0 Å². The van der Waals surface area contributed by atoms with Crippen molar-refractivity contribution in [3.8, 4) is 5.75 Å². The van der Waals surface area contributed by atoms with E-state index in [1.54, 1.807) is 0 Å². The van der Waals surface area contributed by atoms with E-state index in [2.05, 4.69) is 14.9 Å². The molecule has 4 heteroatoms. The van der Waals surface area contributed by atoms with E-state index in [1.165, 1.54) is 5.69 Å². The maximum Gasteiger partial charge on any atom is 0.119 e. The van der Waals surface area contributed by atoms with Crippen LogP contribution in [0.5, 0.6) is 5.75 Å². The Labute approximate surface area is 108 Å². The molecule has 0 bridgehead atoms. The Hall–Kier alpha value is -1.81. The number of rotatable bonds is 6. The van der Waals surface area contributed by atoms with Crippen molar-refractivity contribution in [2.45, 2.75) is 20.0 Å². The van der Waals surface area contributed by atoms with Crippen LogP contribution in [0.4, 0.5) is 0 Å². The van der Waals surface area contributed by atoms with Crippen molar-refractivity contribution < 1.29 is 4.74 Å². The van der Waals surface area contributed by atoms with Gasteiger partial charge in [0.15, 0.2) is 0 Å². The second-order valence-corrected chi connectivity index (χ2v) is 4.14. The van der Waals surface area contributed by atoms with Crippen LogP contribution in [0.25, 0.3) is 0 Å². The fraction of sp³-hybridized carbons (Fsp3) is 0.357. The molecule has 1 heterocycles. The van der Waals surface area contributed by atoms with Gasteiger partial charge in [-0.1, -0.05) is 18.2 Å². The molecule has 0 unspecified atom stereocenters. The number of benzene rings is 1. The molecular formula is C14H19N3O. The zero-order valence-corrected chi connectivity index (χ0v) is 10.9. The third-order valence-electron chi connectivity index (χ3n) is 2.82. The number of nitrogens with one attached hydrogen (secondary N) is 1. The lowest BCUT2D eigenvalue weighted by Crippen LogP contribution is -2.16. The lowest BCUT2D eigenvalue weighted by Gasteiger charge is -2.11. The Kier molecular flexibility index (Phi) is 4.36. The zero-order valence-electron chi connectivity index (χ0n) is 10.9. The molecule has 0 aliphatic carbocycles. The van der Waals surface area contributed by atoms with Crippen LogP contribution in [0, 0.1) is 6.92 Å². The highest BCUT2D eigenvalue weighted by Crippen LogP contribution is 2.09. The number of aromatic nitrogens is 2. The topological polar surface area (TPSA) is 39.1 Å². The molecule has 0 spiro atoms. The summed E-state index contributed by atoms with van der Waals surface area (Å²) in [6, 6.07) is 9.87. The van der Waals surface area contributed by atoms with Crippen molar-refractivity contribution in [3.05, 3.63) is 48.0 Å². The summed E-state index contributed by atoms with van der Waals surface area (Å²) in [6.45, 7) is 4.31. The van der Waals surface area contributed by atoms with Gasteiger partial charge in [0.1, 0.15) is 18.2 Å². The van der Waals surface area contributed by atoms with Gasteiger partial charge in [0.05, 0.1) is 12.2 Å². The van der Waals surface area contributed by atoms with Crippen LogP contribution in [0.2, 0.25) is 0 Å². The van der Waals surface area contributed by atoms with Crippen LogP contribution in [-0.4, -0.2) is 23.2 Å². The smallest absolute Gasteiger partial charge is 0.119 e. The number of ether oxygens (including phenoxy) is 1. The normalized spacial score (nSPS) is 10.6. The SMILES string of the molecule is CNCc1cnc(C)n1CCOc1ccccc1. The van der Waals surface area contributed by atoms with Gasteiger partial charge in [-0.15, -0.1) is 0 Å².